The lowest BCUT2D eigenvalue weighted by atomic mass is 10.1. The highest BCUT2D eigenvalue weighted by atomic mass is 35.5. The zero-order chi connectivity index (χ0) is 9.42. The van der Waals surface area contributed by atoms with E-state index < -0.39 is 4.92 Å². The number of benzene rings is 1. The second kappa shape index (κ2) is 3.63. The Morgan fingerprint density at radius 3 is 2.79 bits per heavy atom. The van der Waals surface area contributed by atoms with Crippen LogP contribution >= 0.6 is 12.4 Å². The van der Waals surface area contributed by atoms with Gasteiger partial charge in [0.15, 0.2) is 0 Å². The highest BCUT2D eigenvalue weighted by Gasteiger charge is 2.19. The maximum atomic E-state index is 10.9. The van der Waals surface area contributed by atoms with Crippen LogP contribution in [0.25, 0.3) is 0 Å². The van der Waals surface area contributed by atoms with Crippen LogP contribution in [-0.2, 0) is 11.2 Å². The average Bonchev–Trinajstić information content (AvgIpc) is 2.42. The van der Waals surface area contributed by atoms with Crippen LogP contribution in [0.4, 0.5) is 11.4 Å². The van der Waals surface area contributed by atoms with Gasteiger partial charge in [0.2, 0.25) is 5.91 Å². The van der Waals surface area contributed by atoms with Crippen molar-refractivity contribution < 1.29 is 9.72 Å². The van der Waals surface area contributed by atoms with E-state index in [1.807, 2.05) is 0 Å². The van der Waals surface area contributed by atoms with Crippen molar-refractivity contribution in [2.24, 2.45) is 0 Å². The van der Waals surface area contributed by atoms with Gasteiger partial charge in [-0.15, -0.1) is 12.4 Å². The number of fused-ring (bicyclic) bond motifs is 1. The summed E-state index contributed by atoms with van der Waals surface area (Å²) in [7, 11) is 0. The minimum absolute atomic E-state index is 0. The summed E-state index contributed by atoms with van der Waals surface area (Å²) in [6.07, 6.45) is 0.233. The Morgan fingerprint density at radius 1 is 1.43 bits per heavy atom. The second-order valence-electron chi connectivity index (χ2n) is 2.82. The number of nitro benzene ring substituents is 1. The minimum atomic E-state index is -0.469. The van der Waals surface area contributed by atoms with Gasteiger partial charge in [0.25, 0.3) is 5.69 Å². The third-order valence-corrected chi connectivity index (χ3v) is 1.92. The summed E-state index contributed by atoms with van der Waals surface area (Å²) in [5.74, 6) is -0.115. The van der Waals surface area contributed by atoms with Crippen molar-refractivity contribution >= 4 is 29.7 Å². The fraction of sp³-hybridized carbons (Fsp3) is 0.125. The van der Waals surface area contributed by atoms with Gasteiger partial charge in [-0.05, 0) is 11.6 Å². The Kier molecular flexibility index (Phi) is 2.71. The monoisotopic (exact) mass is 214 g/mol. The predicted molar refractivity (Wildman–Crippen MR) is 52.7 cm³/mol. The van der Waals surface area contributed by atoms with Crippen LogP contribution in [0.2, 0.25) is 0 Å². The highest BCUT2D eigenvalue weighted by Crippen LogP contribution is 2.26. The molecule has 74 valence electrons. The van der Waals surface area contributed by atoms with E-state index in [0.717, 1.165) is 0 Å². The molecule has 1 heterocycles. The molecule has 0 aromatic heterocycles. The maximum absolute atomic E-state index is 10.9. The molecule has 1 aromatic carbocycles. The molecular weight excluding hydrogens is 208 g/mol. The first kappa shape index (κ1) is 10.5. The zero-order valence-electron chi connectivity index (χ0n) is 7.02. The number of rotatable bonds is 1. The Morgan fingerprint density at radius 2 is 2.14 bits per heavy atom. The number of hydrogen-bond acceptors (Lipinski definition) is 3. The largest absolute Gasteiger partial charge is 0.326 e. The third kappa shape index (κ3) is 1.67. The van der Waals surface area contributed by atoms with Crippen molar-refractivity contribution in [1.29, 1.82) is 0 Å². The Hall–Kier alpha value is -1.62. The van der Waals surface area contributed by atoms with Gasteiger partial charge >= 0.3 is 0 Å². The Bertz CT molecular complexity index is 406. The van der Waals surface area contributed by atoms with Crippen LogP contribution in [0, 0.1) is 10.1 Å². The van der Waals surface area contributed by atoms with Crippen LogP contribution in [0.15, 0.2) is 18.2 Å². The van der Waals surface area contributed by atoms with Gasteiger partial charge in [-0.2, -0.15) is 0 Å². The van der Waals surface area contributed by atoms with Crippen molar-refractivity contribution in [3.63, 3.8) is 0 Å². The van der Waals surface area contributed by atoms with E-state index >= 15 is 0 Å². The Labute approximate surface area is 85.7 Å². The van der Waals surface area contributed by atoms with Gasteiger partial charge in [0.05, 0.1) is 11.3 Å². The molecule has 0 radical (unpaired) electrons. The van der Waals surface area contributed by atoms with Crippen LogP contribution in [0.1, 0.15) is 5.56 Å². The van der Waals surface area contributed by atoms with Crippen molar-refractivity contribution in [1.82, 2.24) is 0 Å². The molecule has 0 saturated carbocycles. The molecule has 6 heteroatoms. The summed E-state index contributed by atoms with van der Waals surface area (Å²) in [5, 5.41) is 13.0. The molecule has 1 aromatic rings. The zero-order valence-corrected chi connectivity index (χ0v) is 7.84. The first-order valence-corrected chi connectivity index (χ1v) is 3.74. The average molecular weight is 215 g/mol. The molecule has 0 saturated heterocycles. The second-order valence-corrected chi connectivity index (χ2v) is 2.82. The lowest BCUT2D eigenvalue weighted by molar-refractivity contribution is -0.384. The topological polar surface area (TPSA) is 72.2 Å². The predicted octanol–water partition coefficient (Wildman–Crippen LogP) is 1.51. The third-order valence-electron chi connectivity index (χ3n) is 1.92. The molecule has 0 unspecified atom stereocenters. The fourth-order valence-corrected chi connectivity index (χ4v) is 1.33. The number of carbonyl (C=O) groups is 1. The summed E-state index contributed by atoms with van der Waals surface area (Å²) in [6.45, 7) is 0. The highest BCUT2D eigenvalue weighted by molar-refractivity contribution is 5.99. The van der Waals surface area contributed by atoms with Crippen molar-refractivity contribution in [2.75, 3.05) is 5.32 Å². The smallest absolute Gasteiger partial charge is 0.269 e. The first-order chi connectivity index (χ1) is 6.16. The number of amides is 1. The normalized spacial score (nSPS) is 12.7. The molecule has 0 spiro atoms. The lowest BCUT2D eigenvalue weighted by Gasteiger charge is -1.96. The molecule has 0 fully saturated rings. The number of nitro groups is 1. The molecule has 0 bridgehead atoms. The van der Waals surface area contributed by atoms with E-state index in [9.17, 15) is 14.9 Å². The molecule has 0 atom stereocenters. The minimum Gasteiger partial charge on any atom is -0.326 e. The summed E-state index contributed by atoms with van der Waals surface area (Å²) in [4.78, 5) is 20.8. The molecule has 1 aliphatic rings. The molecule has 1 aliphatic heterocycles. The molecule has 14 heavy (non-hydrogen) atoms. The quantitative estimate of drug-likeness (QED) is 0.569. The molecule has 2 rings (SSSR count). The summed E-state index contributed by atoms with van der Waals surface area (Å²) >= 11 is 0. The summed E-state index contributed by atoms with van der Waals surface area (Å²) in [6, 6.07) is 4.36. The number of nitrogens with one attached hydrogen (secondary N) is 1. The van der Waals surface area contributed by atoms with Crippen LogP contribution in [-0.4, -0.2) is 10.8 Å². The number of anilines is 1. The maximum Gasteiger partial charge on any atom is 0.269 e. The van der Waals surface area contributed by atoms with Gasteiger partial charge in [-0.3, -0.25) is 14.9 Å². The first-order valence-electron chi connectivity index (χ1n) is 3.74. The van der Waals surface area contributed by atoms with E-state index in [1.54, 1.807) is 6.07 Å². The van der Waals surface area contributed by atoms with Crippen LogP contribution in [0.5, 0.6) is 0 Å². The molecule has 0 aliphatic carbocycles. The number of nitrogens with zero attached hydrogens (tertiary/aromatic N) is 1. The van der Waals surface area contributed by atoms with Gasteiger partial charge in [0, 0.05) is 17.8 Å². The summed E-state index contributed by atoms with van der Waals surface area (Å²) < 4.78 is 0. The SMILES string of the molecule is Cl.O=C1Cc2cc([N+](=O)[O-])ccc2N1. The van der Waals surface area contributed by atoms with E-state index in [-0.39, 0.29) is 30.4 Å². The van der Waals surface area contributed by atoms with Gasteiger partial charge < -0.3 is 5.32 Å². The lowest BCUT2D eigenvalue weighted by Crippen LogP contribution is -2.03. The van der Waals surface area contributed by atoms with E-state index in [4.69, 9.17) is 0 Å². The van der Waals surface area contributed by atoms with Crippen LogP contribution < -0.4 is 5.32 Å². The van der Waals surface area contributed by atoms with Gasteiger partial charge in [-0.25, -0.2) is 0 Å². The number of non-ortho nitro benzene ring substituents is 1. The molecule has 5 nitrogen and oxygen atoms in total. The Balaban J connectivity index is 0.000000980. The van der Waals surface area contributed by atoms with Crippen molar-refractivity contribution in [2.45, 2.75) is 6.42 Å². The molecular formula is C8H7ClN2O3. The van der Waals surface area contributed by atoms with Gasteiger partial charge in [-0.1, -0.05) is 0 Å². The van der Waals surface area contributed by atoms with Gasteiger partial charge in [0.1, 0.15) is 0 Å². The standard InChI is InChI=1S/C8H6N2O3.ClH/c11-8-4-5-3-6(10(12)13)1-2-7(5)9-8;/h1-3H,4H2,(H,9,11);1H. The summed E-state index contributed by atoms with van der Waals surface area (Å²) in [5.41, 5.74) is 1.39. The van der Waals surface area contributed by atoms with Crippen LogP contribution in [0.3, 0.4) is 0 Å². The van der Waals surface area contributed by atoms with E-state index in [1.165, 1.54) is 12.1 Å². The number of carbonyl (C=O) groups excluding carboxylic acids is 1. The number of halogens is 1. The van der Waals surface area contributed by atoms with E-state index in [0.29, 0.717) is 11.3 Å². The fourth-order valence-electron chi connectivity index (χ4n) is 1.33. The van der Waals surface area contributed by atoms with Crippen molar-refractivity contribution in [3.8, 4) is 0 Å². The van der Waals surface area contributed by atoms with E-state index in [2.05, 4.69) is 5.32 Å². The molecule has 1 N–H and O–H groups in total. The number of hydrogen-bond donors (Lipinski definition) is 1. The van der Waals surface area contributed by atoms with Crippen molar-refractivity contribution in [3.05, 3.63) is 33.9 Å². The molecule has 1 amide bonds.